The Kier molecular flexibility index (Phi) is 4.57. The molecular formula is C19H22N4O. The molecule has 1 aliphatic rings. The number of rotatable bonds is 5. The molecule has 2 heterocycles. The number of para-hydroxylation sites is 1. The third-order valence-corrected chi connectivity index (χ3v) is 4.31. The van der Waals surface area contributed by atoms with E-state index in [9.17, 15) is 5.26 Å². The Morgan fingerprint density at radius 2 is 2.00 bits per heavy atom. The Labute approximate surface area is 142 Å². The third-order valence-electron chi connectivity index (χ3n) is 4.31. The van der Waals surface area contributed by atoms with E-state index in [4.69, 9.17) is 15.6 Å². The van der Waals surface area contributed by atoms with E-state index < -0.39 is 0 Å². The minimum Gasteiger partial charge on any atom is -0.422 e. The standard InChI is InChI=1S/C19H22N4O/c1-3-8-14-15(12-20)18(21)24-19-17(14)16(9-4-2)22-23(19)13-10-6-5-7-11-13/h5-7,10-11,14H,3-4,8-9,21H2,1-2H3. The van der Waals surface area contributed by atoms with Crippen LogP contribution < -0.4 is 10.5 Å². The molecule has 3 rings (SSSR count). The van der Waals surface area contributed by atoms with Gasteiger partial charge in [0.25, 0.3) is 0 Å². The summed E-state index contributed by atoms with van der Waals surface area (Å²) in [5, 5.41) is 14.3. The average molecular weight is 322 g/mol. The van der Waals surface area contributed by atoms with E-state index in [0.29, 0.717) is 11.5 Å². The predicted molar refractivity (Wildman–Crippen MR) is 92.7 cm³/mol. The molecule has 1 aliphatic heterocycles. The molecule has 1 atom stereocenters. The zero-order valence-corrected chi connectivity index (χ0v) is 14.1. The highest BCUT2D eigenvalue weighted by atomic mass is 16.5. The van der Waals surface area contributed by atoms with Gasteiger partial charge in [0.2, 0.25) is 11.8 Å². The van der Waals surface area contributed by atoms with Crippen LogP contribution in [0.25, 0.3) is 5.69 Å². The smallest absolute Gasteiger partial charge is 0.228 e. The summed E-state index contributed by atoms with van der Waals surface area (Å²) in [6.07, 6.45) is 3.66. The normalized spacial score (nSPS) is 16.5. The van der Waals surface area contributed by atoms with E-state index >= 15 is 0 Å². The predicted octanol–water partition coefficient (Wildman–Crippen LogP) is 3.79. The fourth-order valence-corrected chi connectivity index (χ4v) is 3.26. The van der Waals surface area contributed by atoms with Crippen LogP contribution in [0.4, 0.5) is 0 Å². The summed E-state index contributed by atoms with van der Waals surface area (Å²) in [5.74, 6) is 0.811. The summed E-state index contributed by atoms with van der Waals surface area (Å²) in [4.78, 5) is 0. The molecule has 0 saturated heterocycles. The fourth-order valence-electron chi connectivity index (χ4n) is 3.26. The summed E-state index contributed by atoms with van der Waals surface area (Å²) in [6, 6.07) is 12.1. The van der Waals surface area contributed by atoms with Crippen LogP contribution >= 0.6 is 0 Å². The summed E-state index contributed by atoms with van der Waals surface area (Å²) >= 11 is 0. The monoisotopic (exact) mass is 322 g/mol. The molecule has 0 aliphatic carbocycles. The lowest BCUT2D eigenvalue weighted by Crippen LogP contribution is -2.21. The van der Waals surface area contributed by atoms with Crippen molar-refractivity contribution in [3.63, 3.8) is 0 Å². The van der Waals surface area contributed by atoms with Gasteiger partial charge < -0.3 is 10.5 Å². The van der Waals surface area contributed by atoms with Crippen LogP contribution in [0.2, 0.25) is 0 Å². The number of aromatic nitrogens is 2. The van der Waals surface area contributed by atoms with E-state index in [1.165, 1.54) is 0 Å². The van der Waals surface area contributed by atoms with Crippen LogP contribution in [0.1, 0.15) is 50.3 Å². The second-order valence-electron chi connectivity index (χ2n) is 6.00. The van der Waals surface area contributed by atoms with Gasteiger partial charge in [0.05, 0.1) is 17.0 Å². The molecule has 0 radical (unpaired) electrons. The molecule has 1 unspecified atom stereocenters. The van der Waals surface area contributed by atoms with E-state index in [2.05, 4.69) is 19.9 Å². The topological polar surface area (TPSA) is 76.9 Å². The van der Waals surface area contributed by atoms with E-state index in [-0.39, 0.29) is 11.8 Å². The van der Waals surface area contributed by atoms with Crippen molar-refractivity contribution in [3.05, 3.63) is 53.0 Å². The number of benzene rings is 1. The fraction of sp³-hybridized carbons (Fsp3) is 0.368. The number of allylic oxidation sites excluding steroid dienone is 1. The number of fused-ring (bicyclic) bond motifs is 1. The SMILES string of the molecule is CCCc1nn(-c2ccccc2)c2c1C(CCC)C(C#N)=C(N)O2. The molecule has 0 bridgehead atoms. The maximum Gasteiger partial charge on any atom is 0.228 e. The summed E-state index contributed by atoms with van der Waals surface area (Å²) in [6.45, 7) is 4.24. The number of hydrogen-bond acceptors (Lipinski definition) is 4. The molecule has 1 aromatic carbocycles. The van der Waals surface area contributed by atoms with Gasteiger partial charge in [-0.15, -0.1) is 0 Å². The average Bonchev–Trinajstić information content (AvgIpc) is 2.94. The van der Waals surface area contributed by atoms with Crippen LogP contribution in [0.5, 0.6) is 5.88 Å². The van der Waals surface area contributed by atoms with Crippen molar-refractivity contribution in [1.29, 1.82) is 5.26 Å². The highest BCUT2D eigenvalue weighted by Crippen LogP contribution is 2.43. The van der Waals surface area contributed by atoms with Crippen LogP contribution in [0.3, 0.4) is 0 Å². The minimum absolute atomic E-state index is 0.0391. The molecule has 24 heavy (non-hydrogen) atoms. The van der Waals surface area contributed by atoms with Crippen molar-refractivity contribution in [2.75, 3.05) is 0 Å². The highest BCUT2D eigenvalue weighted by Gasteiger charge is 2.35. The zero-order chi connectivity index (χ0) is 17.1. The lowest BCUT2D eigenvalue weighted by atomic mass is 9.86. The number of nitrogens with two attached hydrogens (primary N) is 1. The first kappa shape index (κ1) is 16.1. The Balaban J connectivity index is 2.20. The van der Waals surface area contributed by atoms with Crippen LogP contribution in [-0.2, 0) is 6.42 Å². The molecule has 0 spiro atoms. The minimum atomic E-state index is -0.0391. The molecule has 5 nitrogen and oxygen atoms in total. The summed E-state index contributed by atoms with van der Waals surface area (Å²) < 4.78 is 7.67. The maximum atomic E-state index is 9.53. The largest absolute Gasteiger partial charge is 0.422 e. The van der Waals surface area contributed by atoms with Gasteiger partial charge >= 0.3 is 0 Å². The summed E-state index contributed by atoms with van der Waals surface area (Å²) in [7, 11) is 0. The van der Waals surface area contributed by atoms with Gasteiger partial charge in [-0.1, -0.05) is 44.9 Å². The van der Waals surface area contributed by atoms with Crippen molar-refractivity contribution in [2.45, 2.75) is 45.4 Å². The van der Waals surface area contributed by atoms with Gasteiger partial charge in [-0.3, -0.25) is 0 Å². The number of nitriles is 1. The molecule has 1 aromatic heterocycles. The van der Waals surface area contributed by atoms with Crippen LogP contribution in [-0.4, -0.2) is 9.78 Å². The first-order valence-corrected chi connectivity index (χ1v) is 8.46. The molecule has 124 valence electrons. The molecule has 0 amide bonds. The van der Waals surface area contributed by atoms with E-state index in [1.807, 2.05) is 35.0 Å². The number of hydrogen-bond donors (Lipinski definition) is 1. The Morgan fingerprint density at radius 3 is 2.62 bits per heavy atom. The highest BCUT2D eigenvalue weighted by molar-refractivity contribution is 5.52. The van der Waals surface area contributed by atoms with Crippen molar-refractivity contribution in [1.82, 2.24) is 9.78 Å². The van der Waals surface area contributed by atoms with Gasteiger partial charge in [0.1, 0.15) is 6.07 Å². The summed E-state index contributed by atoms with van der Waals surface area (Å²) in [5.41, 5.74) is 9.52. The Morgan fingerprint density at radius 1 is 1.25 bits per heavy atom. The van der Waals surface area contributed by atoms with Gasteiger partial charge in [0, 0.05) is 11.5 Å². The Hall–Kier alpha value is -2.74. The van der Waals surface area contributed by atoms with Crippen molar-refractivity contribution in [3.8, 4) is 17.6 Å². The maximum absolute atomic E-state index is 9.53. The molecule has 5 heteroatoms. The van der Waals surface area contributed by atoms with Crippen LogP contribution in [0.15, 0.2) is 41.8 Å². The quantitative estimate of drug-likeness (QED) is 0.908. The second kappa shape index (κ2) is 6.79. The van der Waals surface area contributed by atoms with Gasteiger partial charge in [-0.05, 0) is 25.0 Å². The van der Waals surface area contributed by atoms with Crippen molar-refractivity contribution >= 4 is 0 Å². The van der Waals surface area contributed by atoms with Gasteiger partial charge in [0.15, 0.2) is 0 Å². The van der Waals surface area contributed by atoms with Crippen molar-refractivity contribution < 1.29 is 4.74 Å². The van der Waals surface area contributed by atoms with Crippen LogP contribution in [0, 0.1) is 11.3 Å². The molecule has 2 N–H and O–H groups in total. The van der Waals surface area contributed by atoms with E-state index in [1.54, 1.807) is 0 Å². The number of aryl methyl sites for hydroxylation is 1. The molecule has 2 aromatic rings. The zero-order valence-electron chi connectivity index (χ0n) is 14.1. The van der Waals surface area contributed by atoms with Crippen molar-refractivity contribution in [2.24, 2.45) is 5.73 Å². The number of nitrogens with zero attached hydrogens (tertiary/aromatic N) is 3. The number of ether oxygens (including phenoxy) is 1. The molecular weight excluding hydrogens is 300 g/mol. The molecule has 0 fully saturated rings. The lowest BCUT2D eigenvalue weighted by molar-refractivity contribution is 0.360. The van der Waals surface area contributed by atoms with E-state index in [0.717, 1.165) is 42.6 Å². The lowest BCUT2D eigenvalue weighted by Gasteiger charge is -2.24. The molecule has 0 saturated carbocycles. The third kappa shape index (κ3) is 2.65. The first-order chi connectivity index (χ1) is 11.7. The second-order valence-corrected chi connectivity index (χ2v) is 6.00. The Bertz CT molecular complexity index is 799. The first-order valence-electron chi connectivity index (χ1n) is 8.46. The van der Waals surface area contributed by atoms with Gasteiger partial charge in [-0.25, -0.2) is 4.68 Å². The van der Waals surface area contributed by atoms with Gasteiger partial charge in [-0.2, -0.15) is 10.4 Å².